The summed E-state index contributed by atoms with van der Waals surface area (Å²) in [6.07, 6.45) is 1.28. The molecular formula is C31H38ClFN8O2. The highest BCUT2D eigenvalue weighted by Gasteiger charge is 2.31. The van der Waals surface area contributed by atoms with Gasteiger partial charge in [-0.1, -0.05) is 51.9 Å². The molecule has 4 rings (SSSR count). The molecule has 4 N–H and O–H groups in total. The molecule has 0 bridgehead atoms. The van der Waals surface area contributed by atoms with Gasteiger partial charge in [-0.3, -0.25) is 9.79 Å². The van der Waals surface area contributed by atoms with E-state index < -0.39 is 11.5 Å². The number of anilines is 2. The molecule has 0 radical (unpaired) electrons. The Morgan fingerprint density at radius 3 is 2.47 bits per heavy atom. The minimum Gasteiger partial charge on any atom is -0.400 e. The van der Waals surface area contributed by atoms with E-state index in [1.165, 1.54) is 22.8 Å². The number of hydrogen-bond acceptors (Lipinski definition) is 8. The molecule has 1 saturated heterocycles. The minimum atomic E-state index is -0.637. The Morgan fingerprint density at radius 1 is 1.21 bits per heavy atom. The Hall–Kier alpha value is -4.25. The van der Waals surface area contributed by atoms with Crippen molar-refractivity contribution in [1.82, 2.24) is 19.4 Å². The molecule has 2 aromatic heterocycles. The first-order chi connectivity index (χ1) is 20.3. The van der Waals surface area contributed by atoms with Crippen molar-refractivity contribution in [3.63, 3.8) is 0 Å². The van der Waals surface area contributed by atoms with E-state index in [0.29, 0.717) is 47.9 Å². The van der Waals surface area contributed by atoms with Gasteiger partial charge in [-0.2, -0.15) is 4.98 Å². The number of carbonyl (C=O) groups is 1. The molecule has 10 nitrogen and oxygen atoms in total. The van der Waals surface area contributed by atoms with Crippen LogP contribution in [0, 0.1) is 17.7 Å². The van der Waals surface area contributed by atoms with Crippen LogP contribution in [0.25, 0.3) is 28.0 Å². The molecule has 3 aromatic rings. The fourth-order valence-electron chi connectivity index (χ4n) is 5.40. The van der Waals surface area contributed by atoms with Crippen molar-refractivity contribution >= 4 is 51.5 Å². The number of benzene rings is 1. The third-order valence-corrected chi connectivity index (χ3v) is 7.91. The summed E-state index contributed by atoms with van der Waals surface area (Å²) in [7, 11) is 1.64. The molecule has 1 atom stereocenters. The van der Waals surface area contributed by atoms with Crippen molar-refractivity contribution in [1.29, 1.82) is 0 Å². The molecule has 0 saturated carbocycles. The number of aromatic nitrogens is 3. The number of piperazine rings is 1. The zero-order chi connectivity index (χ0) is 31.7. The number of aliphatic imine (C=N–C) groups is 1. The van der Waals surface area contributed by atoms with Crippen LogP contribution >= 0.6 is 11.6 Å². The predicted molar refractivity (Wildman–Crippen MR) is 173 cm³/mol. The van der Waals surface area contributed by atoms with Crippen LogP contribution in [0.1, 0.15) is 34.6 Å². The van der Waals surface area contributed by atoms with Gasteiger partial charge < -0.3 is 21.3 Å². The van der Waals surface area contributed by atoms with Crippen LogP contribution in [0.15, 0.2) is 52.4 Å². The summed E-state index contributed by atoms with van der Waals surface area (Å²) in [5, 5.41) is 0.577. The van der Waals surface area contributed by atoms with Gasteiger partial charge in [-0.15, -0.1) is 0 Å². The smallest absolute Gasteiger partial charge is 0.355 e. The number of carbonyl (C=O) groups excluding carboxylic acids is 1. The zero-order valence-corrected chi connectivity index (χ0v) is 26.1. The van der Waals surface area contributed by atoms with Crippen molar-refractivity contribution in [2.45, 2.75) is 40.7 Å². The summed E-state index contributed by atoms with van der Waals surface area (Å²) in [4.78, 5) is 44.0. The van der Waals surface area contributed by atoms with E-state index in [-0.39, 0.29) is 51.4 Å². The number of allylic oxidation sites excluding steroid dienone is 2. The van der Waals surface area contributed by atoms with Gasteiger partial charge in [-0.25, -0.2) is 18.7 Å². The van der Waals surface area contributed by atoms with Gasteiger partial charge in [0.1, 0.15) is 11.6 Å². The number of nitrogen functional groups attached to an aromatic ring is 1. The van der Waals surface area contributed by atoms with Crippen LogP contribution in [-0.2, 0) is 4.79 Å². The monoisotopic (exact) mass is 608 g/mol. The number of rotatable bonds is 7. The number of halogens is 2. The molecule has 228 valence electrons. The lowest BCUT2D eigenvalue weighted by atomic mass is 9.99. The first kappa shape index (κ1) is 31.7. The lowest BCUT2D eigenvalue weighted by Crippen LogP contribution is -2.54. The van der Waals surface area contributed by atoms with Crippen molar-refractivity contribution in [2.24, 2.45) is 22.6 Å². The first-order valence-electron chi connectivity index (χ1n) is 14.1. The fraction of sp³-hybridized carbons (Fsp3) is 0.387. The van der Waals surface area contributed by atoms with Crippen molar-refractivity contribution in [2.75, 3.05) is 37.3 Å². The van der Waals surface area contributed by atoms with E-state index in [2.05, 4.69) is 16.6 Å². The van der Waals surface area contributed by atoms with Crippen LogP contribution in [0.4, 0.5) is 15.9 Å². The molecule has 1 unspecified atom stereocenters. The Kier molecular flexibility index (Phi) is 9.24. The Labute approximate surface area is 255 Å². The molecule has 1 aliphatic heterocycles. The summed E-state index contributed by atoms with van der Waals surface area (Å²) in [6, 6.07) is 5.74. The van der Waals surface area contributed by atoms with Crippen LogP contribution in [-0.4, -0.2) is 63.8 Å². The number of fused-ring (bicyclic) bond motifs is 1. The van der Waals surface area contributed by atoms with E-state index in [0.717, 1.165) is 0 Å². The van der Waals surface area contributed by atoms with Crippen LogP contribution in [0.3, 0.4) is 0 Å². The molecule has 1 amide bonds. The highest BCUT2D eigenvalue weighted by Crippen LogP contribution is 2.37. The van der Waals surface area contributed by atoms with Gasteiger partial charge in [-0.05, 0) is 43.0 Å². The van der Waals surface area contributed by atoms with Gasteiger partial charge in [0, 0.05) is 44.1 Å². The lowest BCUT2D eigenvalue weighted by molar-refractivity contribution is -0.126. The highest BCUT2D eigenvalue weighted by molar-refractivity contribution is 6.34. The third-order valence-electron chi connectivity index (χ3n) is 7.62. The van der Waals surface area contributed by atoms with Gasteiger partial charge >= 0.3 is 5.69 Å². The maximum Gasteiger partial charge on any atom is 0.355 e. The second kappa shape index (κ2) is 12.5. The molecular weight excluding hydrogens is 571 g/mol. The van der Waals surface area contributed by atoms with Crippen molar-refractivity contribution in [3.8, 4) is 11.3 Å². The second-order valence-corrected chi connectivity index (χ2v) is 11.6. The summed E-state index contributed by atoms with van der Waals surface area (Å²) < 4.78 is 16.5. The van der Waals surface area contributed by atoms with Gasteiger partial charge in [0.05, 0.1) is 33.1 Å². The first-order valence-corrected chi connectivity index (χ1v) is 14.5. The van der Waals surface area contributed by atoms with Crippen molar-refractivity contribution in [3.05, 3.63) is 63.9 Å². The molecule has 0 aliphatic carbocycles. The number of pyridine rings is 1. The second-order valence-electron chi connectivity index (χ2n) is 11.2. The molecule has 43 heavy (non-hydrogen) atoms. The topological polar surface area (TPSA) is 136 Å². The largest absolute Gasteiger partial charge is 0.400 e. The molecule has 12 heteroatoms. The van der Waals surface area contributed by atoms with E-state index in [9.17, 15) is 9.59 Å². The maximum atomic E-state index is 15.2. The predicted octanol–water partition coefficient (Wildman–Crippen LogP) is 4.57. The molecule has 1 aliphatic rings. The summed E-state index contributed by atoms with van der Waals surface area (Å²) >= 11 is 6.79. The van der Waals surface area contributed by atoms with Crippen LogP contribution in [0.5, 0.6) is 0 Å². The SMILES string of the molecule is C=CC(=O)N1CCN(c2nc(=O)n(C(C(=NC)C(C)C)=C(N)C(C)C)c3nc(-c4c(N)cccc4F)c(Cl)cc23)C(C)C1. The van der Waals surface area contributed by atoms with Crippen molar-refractivity contribution < 1.29 is 9.18 Å². The number of amides is 1. The Balaban J connectivity index is 2.12. The zero-order valence-electron chi connectivity index (χ0n) is 25.4. The molecule has 1 aromatic carbocycles. The summed E-state index contributed by atoms with van der Waals surface area (Å²) in [5.74, 6) is -0.696. The average molecular weight is 609 g/mol. The van der Waals surface area contributed by atoms with Crippen LogP contribution < -0.4 is 22.1 Å². The minimum absolute atomic E-state index is 0.0206. The van der Waals surface area contributed by atoms with E-state index in [4.69, 9.17) is 28.1 Å². The third kappa shape index (κ3) is 5.86. The van der Waals surface area contributed by atoms with Gasteiger partial charge in [0.2, 0.25) is 5.91 Å². The van der Waals surface area contributed by atoms with E-state index >= 15 is 4.39 Å². The number of nitrogens with zero attached hydrogens (tertiary/aromatic N) is 6. The van der Waals surface area contributed by atoms with Gasteiger partial charge in [0.25, 0.3) is 0 Å². The van der Waals surface area contributed by atoms with E-state index in [1.54, 1.807) is 24.1 Å². The highest BCUT2D eigenvalue weighted by atomic mass is 35.5. The quantitative estimate of drug-likeness (QED) is 0.228. The molecule has 1 fully saturated rings. The average Bonchev–Trinajstić information content (AvgIpc) is 2.95. The van der Waals surface area contributed by atoms with Gasteiger partial charge in [0.15, 0.2) is 5.65 Å². The normalized spacial score (nSPS) is 16.7. The summed E-state index contributed by atoms with van der Waals surface area (Å²) in [5.41, 5.74) is 14.0. The van der Waals surface area contributed by atoms with Crippen LogP contribution in [0.2, 0.25) is 5.02 Å². The molecule has 3 heterocycles. The number of hydrogen-bond donors (Lipinski definition) is 2. The fourth-order valence-corrected chi connectivity index (χ4v) is 5.64. The Morgan fingerprint density at radius 2 is 1.91 bits per heavy atom. The molecule has 0 spiro atoms. The number of nitrogens with two attached hydrogens (primary N) is 2. The lowest BCUT2D eigenvalue weighted by Gasteiger charge is -2.40. The van der Waals surface area contributed by atoms with E-state index in [1.807, 2.05) is 39.5 Å². The standard InChI is InChI=1S/C31H38ClFN8O2/c1-8-23(42)39-12-13-40(18(6)15-39)29-19-14-20(32)27(24-21(33)10-9-11-22(24)34)37-30(19)41(31(43)38-29)28(25(35)16(2)3)26(36-7)17(4)5/h8-11,14,16-18H,1,12-13,15,34-35H2,2-7H3. The Bertz CT molecular complexity index is 1690. The summed E-state index contributed by atoms with van der Waals surface area (Å²) in [6.45, 7) is 14.5. The maximum absolute atomic E-state index is 15.2.